The first kappa shape index (κ1) is 15.6. The van der Waals surface area contributed by atoms with Crippen LogP contribution < -0.4 is 0 Å². The lowest BCUT2D eigenvalue weighted by Crippen LogP contribution is -2.35. The molecule has 1 aromatic carbocycles. The molecule has 0 radical (unpaired) electrons. The Kier molecular flexibility index (Phi) is 3.83. The van der Waals surface area contributed by atoms with Crippen molar-refractivity contribution in [2.75, 3.05) is 26.7 Å². The number of aryl methyl sites for hydroxylation is 3. The van der Waals surface area contributed by atoms with E-state index in [1.54, 1.807) is 0 Å². The number of hydrogen-bond acceptors (Lipinski definition) is 3. The Morgan fingerprint density at radius 1 is 1.33 bits per heavy atom. The summed E-state index contributed by atoms with van der Waals surface area (Å²) in [6.07, 6.45) is 2.46. The van der Waals surface area contributed by atoms with Gasteiger partial charge in [-0.1, -0.05) is 6.07 Å². The summed E-state index contributed by atoms with van der Waals surface area (Å²) in [4.78, 5) is 25.1. The molecule has 2 saturated heterocycles. The van der Waals surface area contributed by atoms with Crippen LogP contribution in [0.15, 0.2) is 12.1 Å². The van der Waals surface area contributed by atoms with Crippen molar-refractivity contribution in [3.63, 3.8) is 0 Å². The molecule has 3 heterocycles. The number of rotatable bonds is 3. The van der Waals surface area contributed by atoms with Gasteiger partial charge in [-0.05, 0) is 57.0 Å². The van der Waals surface area contributed by atoms with E-state index in [-0.39, 0.29) is 5.91 Å². The van der Waals surface area contributed by atoms with Gasteiger partial charge in [0, 0.05) is 32.0 Å². The topological polar surface area (TPSA) is 52.2 Å². The molecule has 0 aliphatic carbocycles. The first-order valence-electron chi connectivity index (χ1n) is 8.95. The zero-order valence-electron chi connectivity index (χ0n) is 14.8. The Hall–Kier alpha value is -1.88. The van der Waals surface area contributed by atoms with Crippen LogP contribution in [0.5, 0.6) is 0 Å². The van der Waals surface area contributed by atoms with Crippen LogP contribution in [0, 0.1) is 19.8 Å². The van der Waals surface area contributed by atoms with Crippen molar-refractivity contribution in [3.8, 4) is 0 Å². The van der Waals surface area contributed by atoms with Gasteiger partial charge in [0.25, 0.3) is 0 Å². The van der Waals surface area contributed by atoms with Gasteiger partial charge >= 0.3 is 0 Å². The van der Waals surface area contributed by atoms with E-state index in [9.17, 15) is 4.79 Å². The molecule has 0 bridgehead atoms. The first-order chi connectivity index (χ1) is 11.5. The second kappa shape index (κ2) is 5.88. The van der Waals surface area contributed by atoms with Gasteiger partial charge in [-0.15, -0.1) is 0 Å². The average Bonchev–Trinajstić information content (AvgIpc) is 3.25. The molecular weight excluding hydrogens is 300 g/mol. The number of aromatic nitrogens is 2. The number of amides is 1. The standard InChI is InChI=1S/C19H26N4O/c1-12-4-5-15-19(13(12)2)21-17(20-15)6-7-18(24)23-10-14-8-9-22(3)16(14)11-23/h4-5,14,16H,6-11H2,1-3H3,(H,20,21)/t14-,16+/m1/s1. The third-order valence-corrected chi connectivity index (χ3v) is 5.98. The second-order valence-corrected chi connectivity index (χ2v) is 7.48. The Morgan fingerprint density at radius 2 is 2.17 bits per heavy atom. The molecule has 2 aromatic rings. The molecule has 2 aliphatic rings. The third-order valence-electron chi connectivity index (χ3n) is 5.98. The number of benzene rings is 1. The van der Waals surface area contributed by atoms with Crippen LogP contribution in [-0.2, 0) is 11.2 Å². The summed E-state index contributed by atoms with van der Waals surface area (Å²) in [7, 11) is 2.18. The number of H-pyrrole nitrogens is 1. The number of likely N-dealkylation sites (tertiary alicyclic amines) is 2. The largest absolute Gasteiger partial charge is 0.342 e. The number of likely N-dealkylation sites (N-methyl/N-ethyl adjacent to an activating group) is 1. The summed E-state index contributed by atoms with van der Waals surface area (Å²) >= 11 is 0. The minimum Gasteiger partial charge on any atom is -0.342 e. The Labute approximate surface area is 143 Å². The van der Waals surface area contributed by atoms with E-state index >= 15 is 0 Å². The minimum atomic E-state index is 0.270. The molecule has 0 saturated carbocycles. The number of aromatic amines is 1. The summed E-state index contributed by atoms with van der Waals surface area (Å²) in [6, 6.07) is 4.77. The van der Waals surface area contributed by atoms with Crippen LogP contribution in [0.2, 0.25) is 0 Å². The Balaban J connectivity index is 1.40. The number of nitrogens with zero attached hydrogens (tertiary/aromatic N) is 3. The van der Waals surface area contributed by atoms with Crippen molar-refractivity contribution in [2.45, 2.75) is 39.2 Å². The number of carbonyl (C=O) groups is 1. The van der Waals surface area contributed by atoms with E-state index < -0.39 is 0 Å². The summed E-state index contributed by atoms with van der Waals surface area (Å²) in [5.41, 5.74) is 4.58. The number of imidazole rings is 1. The zero-order valence-corrected chi connectivity index (χ0v) is 14.8. The lowest BCUT2D eigenvalue weighted by Gasteiger charge is -2.20. The van der Waals surface area contributed by atoms with E-state index in [1.807, 2.05) is 0 Å². The van der Waals surface area contributed by atoms with Crippen LogP contribution in [0.1, 0.15) is 29.8 Å². The van der Waals surface area contributed by atoms with Crippen molar-refractivity contribution in [3.05, 3.63) is 29.1 Å². The van der Waals surface area contributed by atoms with Crippen LogP contribution >= 0.6 is 0 Å². The monoisotopic (exact) mass is 326 g/mol. The highest BCUT2D eigenvalue weighted by molar-refractivity contribution is 5.80. The number of fused-ring (bicyclic) bond motifs is 2. The third kappa shape index (κ3) is 2.61. The van der Waals surface area contributed by atoms with Gasteiger partial charge in [-0.3, -0.25) is 4.79 Å². The summed E-state index contributed by atoms with van der Waals surface area (Å²) in [5, 5.41) is 0. The minimum absolute atomic E-state index is 0.270. The van der Waals surface area contributed by atoms with Crippen molar-refractivity contribution < 1.29 is 4.79 Å². The maximum atomic E-state index is 12.6. The highest BCUT2D eigenvalue weighted by atomic mass is 16.2. The molecule has 2 aliphatic heterocycles. The molecule has 1 aromatic heterocycles. The molecule has 2 atom stereocenters. The van der Waals surface area contributed by atoms with E-state index in [0.29, 0.717) is 24.8 Å². The highest BCUT2D eigenvalue weighted by Gasteiger charge is 2.40. The molecule has 1 amide bonds. The summed E-state index contributed by atoms with van der Waals surface area (Å²) < 4.78 is 0. The number of carbonyl (C=O) groups excluding carboxylic acids is 1. The maximum absolute atomic E-state index is 12.6. The number of nitrogens with one attached hydrogen (secondary N) is 1. The predicted octanol–water partition coefficient (Wildman–Crippen LogP) is 2.27. The van der Waals surface area contributed by atoms with Crippen molar-refractivity contribution in [1.82, 2.24) is 19.8 Å². The van der Waals surface area contributed by atoms with Crippen LogP contribution in [0.3, 0.4) is 0 Å². The molecule has 128 valence electrons. The molecule has 5 heteroatoms. The SMILES string of the molecule is Cc1ccc2[nH]c(CCC(=O)N3C[C@H]4CCN(C)[C@H]4C3)nc2c1C. The van der Waals surface area contributed by atoms with Crippen LogP contribution in [-0.4, -0.2) is 58.4 Å². The summed E-state index contributed by atoms with van der Waals surface area (Å²) in [6.45, 7) is 7.22. The Bertz CT molecular complexity index is 781. The van der Waals surface area contributed by atoms with Crippen molar-refractivity contribution >= 4 is 16.9 Å². The maximum Gasteiger partial charge on any atom is 0.223 e. The fourth-order valence-electron chi connectivity index (χ4n) is 4.24. The zero-order chi connectivity index (χ0) is 16.8. The first-order valence-corrected chi connectivity index (χ1v) is 8.95. The highest BCUT2D eigenvalue weighted by Crippen LogP contribution is 2.30. The average molecular weight is 326 g/mol. The normalized spacial score (nSPS) is 24.0. The molecule has 2 fully saturated rings. The molecular formula is C19H26N4O. The van der Waals surface area contributed by atoms with Crippen LogP contribution in [0.25, 0.3) is 11.0 Å². The predicted molar refractivity (Wildman–Crippen MR) is 95.0 cm³/mol. The lowest BCUT2D eigenvalue weighted by molar-refractivity contribution is -0.130. The fourth-order valence-corrected chi connectivity index (χ4v) is 4.24. The number of hydrogen-bond donors (Lipinski definition) is 1. The second-order valence-electron chi connectivity index (χ2n) is 7.48. The van der Waals surface area contributed by atoms with Crippen molar-refractivity contribution in [1.29, 1.82) is 0 Å². The lowest BCUT2D eigenvalue weighted by atomic mass is 10.1. The van der Waals surface area contributed by atoms with Gasteiger partial charge < -0.3 is 14.8 Å². The van der Waals surface area contributed by atoms with E-state index in [4.69, 9.17) is 4.98 Å². The quantitative estimate of drug-likeness (QED) is 0.941. The van der Waals surface area contributed by atoms with Crippen LogP contribution in [0.4, 0.5) is 0 Å². The van der Waals surface area contributed by atoms with E-state index in [2.05, 4.69) is 47.8 Å². The van der Waals surface area contributed by atoms with Gasteiger partial charge in [0.15, 0.2) is 0 Å². The molecule has 4 rings (SSSR count). The fraction of sp³-hybridized carbons (Fsp3) is 0.579. The van der Waals surface area contributed by atoms with Gasteiger partial charge in [-0.25, -0.2) is 4.98 Å². The smallest absolute Gasteiger partial charge is 0.223 e. The molecule has 1 N–H and O–H groups in total. The molecule has 5 nitrogen and oxygen atoms in total. The Morgan fingerprint density at radius 3 is 2.96 bits per heavy atom. The van der Waals surface area contributed by atoms with E-state index in [1.165, 1.54) is 24.1 Å². The van der Waals surface area contributed by atoms with Gasteiger partial charge in [0.05, 0.1) is 11.0 Å². The van der Waals surface area contributed by atoms with Crippen molar-refractivity contribution in [2.24, 2.45) is 5.92 Å². The molecule has 0 spiro atoms. The summed E-state index contributed by atoms with van der Waals surface area (Å²) in [5.74, 6) is 1.87. The van der Waals surface area contributed by atoms with Gasteiger partial charge in [-0.2, -0.15) is 0 Å². The van der Waals surface area contributed by atoms with E-state index in [0.717, 1.165) is 29.9 Å². The van der Waals surface area contributed by atoms with Gasteiger partial charge in [0.2, 0.25) is 5.91 Å². The molecule has 0 unspecified atom stereocenters. The van der Waals surface area contributed by atoms with Gasteiger partial charge in [0.1, 0.15) is 5.82 Å². The molecule has 24 heavy (non-hydrogen) atoms.